The highest BCUT2D eigenvalue weighted by Crippen LogP contribution is 2.55. The lowest BCUT2D eigenvalue weighted by molar-refractivity contribution is -0.147. The van der Waals surface area contributed by atoms with E-state index in [0.29, 0.717) is 24.7 Å². The Kier molecular flexibility index (Phi) is 4.89. The van der Waals surface area contributed by atoms with Crippen LogP contribution in [-0.4, -0.2) is 34.8 Å². The van der Waals surface area contributed by atoms with Gasteiger partial charge in [0, 0.05) is 23.9 Å². The Hall–Kier alpha value is -3.13. The number of halogens is 2. The zero-order chi connectivity index (χ0) is 21.6. The molecule has 8 heteroatoms. The van der Waals surface area contributed by atoms with E-state index in [1.807, 2.05) is 0 Å². The Bertz CT molecular complexity index is 1030. The van der Waals surface area contributed by atoms with Gasteiger partial charge in [-0.15, -0.1) is 0 Å². The molecule has 2 unspecified atom stereocenters. The van der Waals surface area contributed by atoms with E-state index < -0.39 is 47.4 Å². The number of fused-ring (bicyclic) bond motifs is 2. The van der Waals surface area contributed by atoms with Gasteiger partial charge in [0.2, 0.25) is 0 Å². The zero-order valence-electron chi connectivity index (χ0n) is 15.9. The quantitative estimate of drug-likeness (QED) is 0.733. The number of amides is 1. The van der Waals surface area contributed by atoms with E-state index in [0.717, 1.165) is 0 Å². The molecule has 3 N–H and O–H groups in total. The van der Waals surface area contributed by atoms with Crippen LogP contribution in [0.5, 0.6) is 0 Å². The number of nitrogens with zero attached hydrogens (tertiary/aromatic N) is 1. The average molecular weight is 414 g/mol. The molecule has 4 atom stereocenters. The summed E-state index contributed by atoms with van der Waals surface area (Å²) in [7, 11) is 0. The number of hydrogen-bond acceptors (Lipinski definition) is 4. The van der Waals surface area contributed by atoms with E-state index in [1.54, 1.807) is 0 Å². The van der Waals surface area contributed by atoms with Crippen LogP contribution in [0, 0.1) is 17.6 Å². The first-order valence-corrected chi connectivity index (χ1v) is 9.62. The molecule has 2 aromatic rings. The number of rotatable bonds is 5. The summed E-state index contributed by atoms with van der Waals surface area (Å²) < 4.78 is 27.5. The summed E-state index contributed by atoms with van der Waals surface area (Å²) in [5.74, 6) is -3.88. The third kappa shape index (κ3) is 2.99. The van der Waals surface area contributed by atoms with Crippen molar-refractivity contribution >= 4 is 23.9 Å². The van der Waals surface area contributed by atoms with E-state index in [-0.39, 0.29) is 17.2 Å². The Labute approximate surface area is 171 Å². The molecule has 2 aliphatic rings. The van der Waals surface area contributed by atoms with Crippen LogP contribution in [-0.2, 0) is 9.59 Å². The summed E-state index contributed by atoms with van der Waals surface area (Å²) in [4.78, 5) is 38.0. The lowest BCUT2D eigenvalue weighted by atomic mass is 9.58. The van der Waals surface area contributed by atoms with Crippen molar-refractivity contribution in [3.8, 4) is 0 Å². The van der Waals surface area contributed by atoms with Crippen molar-refractivity contribution in [1.82, 2.24) is 0 Å². The molecule has 1 heterocycles. The molecule has 0 aromatic heterocycles. The zero-order valence-corrected chi connectivity index (χ0v) is 15.9. The highest BCUT2D eigenvalue weighted by atomic mass is 19.1. The topological polar surface area (TPSA) is 101 Å². The van der Waals surface area contributed by atoms with Gasteiger partial charge in [0.25, 0.3) is 5.91 Å². The van der Waals surface area contributed by atoms with E-state index in [9.17, 15) is 28.3 Å². The molecule has 1 fully saturated rings. The predicted molar refractivity (Wildman–Crippen MR) is 104 cm³/mol. The number of nitrogens with two attached hydrogens (primary N) is 1. The van der Waals surface area contributed by atoms with Gasteiger partial charge in [0.05, 0.1) is 5.69 Å². The molecule has 0 radical (unpaired) electrons. The standard InChI is InChI=1S/C22H20F2N2O4/c23-13-3-1-12(2-4-13)20(28)26-17-8-7-15(17)19(22(25,9-10-27)21(29)30)16-6-5-14(24)11-18(16)26/h1-6,10-11,15,17,19H,7-9,25H2,(H,29,30)/t15-,17+,19?,22?/m0/s1. The molecule has 0 bridgehead atoms. The number of anilines is 1. The van der Waals surface area contributed by atoms with Gasteiger partial charge in [-0.1, -0.05) is 6.07 Å². The van der Waals surface area contributed by atoms with Crippen LogP contribution >= 0.6 is 0 Å². The van der Waals surface area contributed by atoms with Crippen molar-refractivity contribution in [2.45, 2.75) is 36.8 Å². The minimum absolute atomic E-state index is 0.234. The second-order valence-electron chi connectivity index (χ2n) is 7.89. The number of carboxylic acid groups (broad SMARTS) is 1. The molecule has 1 aliphatic carbocycles. The van der Waals surface area contributed by atoms with Gasteiger partial charge in [-0.3, -0.25) is 9.59 Å². The molecule has 0 spiro atoms. The highest BCUT2D eigenvalue weighted by Gasteiger charge is 2.57. The van der Waals surface area contributed by atoms with Gasteiger partial charge in [-0.2, -0.15) is 0 Å². The largest absolute Gasteiger partial charge is 0.480 e. The number of carbonyl (C=O) groups excluding carboxylic acids is 2. The highest BCUT2D eigenvalue weighted by molar-refractivity contribution is 6.07. The van der Waals surface area contributed by atoms with Crippen molar-refractivity contribution in [3.05, 3.63) is 65.2 Å². The van der Waals surface area contributed by atoms with Gasteiger partial charge in [0.15, 0.2) is 0 Å². The maximum Gasteiger partial charge on any atom is 0.324 e. The third-order valence-corrected chi connectivity index (χ3v) is 6.32. The fraction of sp³-hybridized carbons (Fsp3) is 0.318. The minimum atomic E-state index is -1.87. The van der Waals surface area contributed by atoms with Gasteiger partial charge >= 0.3 is 5.97 Å². The van der Waals surface area contributed by atoms with Crippen molar-refractivity contribution in [1.29, 1.82) is 0 Å². The Balaban J connectivity index is 1.86. The Morgan fingerprint density at radius 1 is 1.13 bits per heavy atom. The van der Waals surface area contributed by atoms with E-state index in [1.165, 1.54) is 47.4 Å². The van der Waals surface area contributed by atoms with Crippen LogP contribution in [0.25, 0.3) is 0 Å². The first kappa shape index (κ1) is 20.2. The second kappa shape index (κ2) is 7.28. The maximum absolute atomic E-state index is 14.2. The number of aldehydes is 1. The fourth-order valence-corrected chi connectivity index (χ4v) is 4.75. The van der Waals surface area contributed by atoms with Crippen molar-refractivity contribution in [3.63, 3.8) is 0 Å². The van der Waals surface area contributed by atoms with E-state index in [2.05, 4.69) is 0 Å². The van der Waals surface area contributed by atoms with Gasteiger partial charge in [0.1, 0.15) is 23.5 Å². The van der Waals surface area contributed by atoms with E-state index >= 15 is 0 Å². The predicted octanol–water partition coefficient (Wildman–Crippen LogP) is 2.86. The maximum atomic E-state index is 14.2. The lowest BCUT2D eigenvalue weighted by Crippen LogP contribution is -2.64. The number of hydrogen-bond donors (Lipinski definition) is 2. The number of aliphatic carboxylic acids is 1. The SMILES string of the molecule is NC(CC=O)(C(=O)O)C1c2ccc(F)cc2N(C(=O)c2ccc(F)cc2)[C@@H]2CC[C@H]12. The number of benzene rings is 2. The molecular weight excluding hydrogens is 394 g/mol. The van der Waals surface area contributed by atoms with Crippen LogP contribution in [0.4, 0.5) is 14.5 Å². The summed E-state index contributed by atoms with van der Waals surface area (Å²) in [6, 6.07) is 8.46. The van der Waals surface area contributed by atoms with Gasteiger partial charge in [-0.05, 0) is 60.7 Å². The third-order valence-electron chi connectivity index (χ3n) is 6.32. The summed E-state index contributed by atoms with van der Waals surface area (Å²) in [6.45, 7) is 0. The number of carboxylic acids is 1. The molecule has 6 nitrogen and oxygen atoms in total. The smallest absolute Gasteiger partial charge is 0.324 e. The van der Waals surface area contributed by atoms with Crippen LogP contribution in [0.15, 0.2) is 42.5 Å². The molecule has 30 heavy (non-hydrogen) atoms. The van der Waals surface area contributed by atoms with Crippen molar-refractivity contribution in [2.75, 3.05) is 4.90 Å². The van der Waals surface area contributed by atoms with Crippen LogP contribution in [0.1, 0.15) is 41.1 Å². The summed E-state index contributed by atoms with van der Waals surface area (Å²) >= 11 is 0. The number of carbonyl (C=O) groups is 3. The molecule has 1 saturated carbocycles. The van der Waals surface area contributed by atoms with Crippen molar-refractivity contribution < 1.29 is 28.3 Å². The summed E-state index contributed by atoms with van der Waals surface area (Å²) in [5, 5.41) is 9.83. The second-order valence-corrected chi connectivity index (χ2v) is 7.89. The normalized spacial score (nSPS) is 24.1. The molecule has 4 rings (SSSR count). The van der Waals surface area contributed by atoms with Crippen LogP contribution in [0.2, 0.25) is 0 Å². The molecule has 0 saturated heterocycles. The molecule has 1 aliphatic heterocycles. The Morgan fingerprint density at radius 3 is 2.37 bits per heavy atom. The summed E-state index contributed by atoms with van der Waals surface area (Å²) in [6.07, 6.45) is 1.27. The monoisotopic (exact) mass is 414 g/mol. The van der Waals surface area contributed by atoms with Crippen molar-refractivity contribution in [2.24, 2.45) is 11.7 Å². The first-order chi connectivity index (χ1) is 14.3. The molecular formula is C22H20F2N2O4. The average Bonchev–Trinajstić information content (AvgIpc) is 2.68. The molecule has 156 valence electrons. The minimum Gasteiger partial charge on any atom is -0.480 e. The Morgan fingerprint density at radius 2 is 1.80 bits per heavy atom. The van der Waals surface area contributed by atoms with Gasteiger partial charge in [-0.25, -0.2) is 8.78 Å². The fourth-order valence-electron chi connectivity index (χ4n) is 4.75. The molecule has 1 amide bonds. The summed E-state index contributed by atoms with van der Waals surface area (Å²) in [5.41, 5.74) is 5.26. The molecule has 2 aromatic carbocycles. The van der Waals surface area contributed by atoms with Crippen LogP contribution < -0.4 is 10.6 Å². The lowest BCUT2D eigenvalue weighted by Gasteiger charge is -2.55. The van der Waals surface area contributed by atoms with Crippen LogP contribution in [0.3, 0.4) is 0 Å². The first-order valence-electron chi connectivity index (χ1n) is 9.62. The van der Waals surface area contributed by atoms with E-state index in [4.69, 9.17) is 5.73 Å². The van der Waals surface area contributed by atoms with Gasteiger partial charge < -0.3 is 20.5 Å².